The van der Waals surface area contributed by atoms with Gasteiger partial charge >= 0.3 is 5.97 Å². The molecule has 1 amide bonds. The fraction of sp³-hybridized carbons (Fsp3) is 0.375. The van der Waals surface area contributed by atoms with Gasteiger partial charge in [0, 0.05) is 6.54 Å². The third kappa shape index (κ3) is 1.93. The number of thioether (sulfide) groups is 1. The zero-order chi connectivity index (χ0) is 17.1. The number of fused-ring (bicyclic) bond motifs is 2. The largest absolute Gasteiger partial charge is 0.508 e. The van der Waals surface area contributed by atoms with Gasteiger partial charge in [-0.3, -0.25) is 15.0 Å². The van der Waals surface area contributed by atoms with E-state index in [1.54, 1.807) is 31.2 Å². The highest BCUT2D eigenvalue weighted by atomic mass is 32.2. The first-order chi connectivity index (χ1) is 11.5. The van der Waals surface area contributed by atoms with Crippen molar-refractivity contribution in [1.82, 2.24) is 10.2 Å². The van der Waals surface area contributed by atoms with Gasteiger partial charge in [0.05, 0.1) is 11.9 Å². The maximum atomic E-state index is 12.6. The van der Waals surface area contributed by atoms with Crippen molar-refractivity contribution in [3.63, 3.8) is 0 Å². The molecule has 3 atom stereocenters. The standard InChI is InChI=1S/C16H16N2O5S/c1-8-11(13(20)21)18-14(22)16(17-6-7-23-16)15(18)24-12(8)9-2-4-10(19)5-3-9/h2-5,12,15,17,19H,6-7H2,1H3,(H,20,21)/t12?,15-,16?/m0/s1. The molecule has 0 saturated carbocycles. The highest BCUT2D eigenvalue weighted by molar-refractivity contribution is 8.00. The van der Waals surface area contributed by atoms with E-state index in [1.165, 1.54) is 16.7 Å². The van der Waals surface area contributed by atoms with Crippen LogP contribution >= 0.6 is 11.8 Å². The molecule has 3 aliphatic heterocycles. The van der Waals surface area contributed by atoms with Gasteiger partial charge < -0.3 is 14.9 Å². The lowest BCUT2D eigenvalue weighted by molar-refractivity contribution is -0.184. The fourth-order valence-corrected chi connectivity index (χ4v) is 5.13. The molecule has 8 heteroatoms. The number of ether oxygens (including phenoxy) is 1. The summed E-state index contributed by atoms with van der Waals surface area (Å²) in [5, 5.41) is 21.5. The van der Waals surface area contributed by atoms with Crippen molar-refractivity contribution in [2.24, 2.45) is 0 Å². The lowest BCUT2D eigenvalue weighted by atomic mass is 9.96. The molecule has 2 unspecified atom stereocenters. The average Bonchev–Trinajstić information content (AvgIpc) is 3.07. The zero-order valence-electron chi connectivity index (χ0n) is 12.9. The van der Waals surface area contributed by atoms with Crippen LogP contribution in [-0.2, 0) is 14.3 Å². The van der Waals surface area contributed by atoms with Crippen molar-refractivity contribution < 1.29 is 24.5 Å². The number of hydrogen-bond acceptors (Lipinski definition) is 6. The molecule has 2 fully saturated rings. The van der Waals surface area contributed by atoms with E-state index in [-0.39, 0.29) is 22.6 Å². The number of phenolic OH excluding ortho intramolecular Hbond substituents is 1. The Kier molecular flexibility index (Phi) is 3.38. The zero-order valence-corrected chi connectivity index (χ0v) is 13.7. The molecule has 1 aromatic carbocycles. The number of carboxylic acid groups (broad SMARTS) is 1. The van der Waals surface area contributed by atoms with Gasteiger partial charge in [-0.2, -0.15) is 0 Å². The Morgan fingerprint density at radius 1 is 1.42 bits per heavy atom. The van der Waals surface area contributed by atoms with E-state index in [0.29, 0.717) is 18.7 Å². The molecule has 3 heterocycles. The van der Waals surface area contributed by atoms with Crippen LogP contribution in [0, 0.1) is 0 Å². The van der Waals surface area contributed by atoms with E-state index >= 15 is 0 Å². The lowest BCUT2D eigenvalue weighted by Gasteiger charge is -2.55. The van der Waals surface area contributed by atoms with Crippen LogP contribution in [0.5, 0.6) is 5.75 Å². The minimum Gasteiger partial charge on any atom is -0.508 e. The van der Waals surface area contributed by atoms with Crippen LogP contribution in [0.15, 0.2) is 35.5 Å². The van der Waals surface area contributed by atoms with E-state index in [2.05, 4.69) is 5.32 Å². The highest BCUT2D eigenvalue weighted by Gasteiger charge is 2.68. The molecule has 3 N–H and O–H groups in total. The van der Waals surface area contributed by atoms with Gasteiger partial charge in [0.15, 0.2) is 0 Å². The molecular formula is C16H16N2O5S. The molecule has 0 aliphatic carbocycles. The first kappa shape index (κ1) is 15.5. The number of β-lactam (4-membered cyclic amide) rings is 1. The lowest BCUT2D eigenvalue weighted by Crippen LogP contribution is -2.78. The highest BCUT2D eigenvalue weighted by Crippen LogP contribution is 2.55. The second-order valence-electron chi connectivity index (χ2n) is 5.98. The Balaban J connectivity index is 1.79. The number of nitrogens with one attached hydrogen (secondary N) is 1. The van der Waals surface area contributed by atoms with Crippen molar-refractivity contribution >= 4 is 23.6 Å². The molecule has 2 saturated heterocycles. The van der Waals surface area contributed by atoms with Crippen molar-refractivity contribution in [1.29, 1.82) is 0 Å². The summed E-state index contributed by atoms with van der Waals surface area (Å²) in [6.07, 6.45) is 0. The number of nitrogens with zero attached hydrogens (tertiary/aromatic N) is 1. The predicted octanol–water partition coefficient (Wildman–Crippen LogP) is 1.02. The predicted molar refractivity (Wildman–Crippen MR) is 86.1 cm³/mol. The summed E-state index contributed by atoms with van der Waals surface area (Å²) in [7, 11) is 0. The van der Waals surface area contributed by atoms with Crippen molar-refractivity contribution in [3.05, 3.63) is 41.1 Å². The number of benzene rings is 1. The van der Waals surface area contributed by atoms with Gasteiger partial charge in [0.1, 0.15) is 16.8 Å². The molecular weight excluding hydrogens is 332 g/mol. The molecule has 1 spiro atoms. The van der Waals surface area contributed by atoms with E-state index in [4.69, 9.17) is 4.74 Å². The topological polar surface area (TPSA) is 99.1 Å². The van der Waals surface area contributed by atoms with Crippen molar-refractivity contribution in [2.75, 3.05) is 13.2 Å². The summed E-state index contributed by atoms with van der Waals surface area (Å²) in [6, 6.07) is 6.67. The van der Waals surface area contributed by atoms with Gasteiger partial charge in [-0.1, -0.05) is 12.1 Å². The van der Waals surface area contributed by atoms with E-state index in [9.17, 15) is 19.8 Å². The van der Waals surface area contributed by atoms with Crippen LogP contribution in [-0.4, -0.2) is 51.2 Å². The average molecular weight is 348 g/mol. The van der Waals surface area contributed by atoms with Gasteiger partial charge in [0.25, 0.3) is 5.91 Å². The summed E-state index contributed by atoms with van der Waals surface area (Å²) in [5.74, 6) is -1.32. The number of carboxylic acids is 1. The monoisotopic (exact) mass is 348 g/mol. The first-order valence-electron chi connectivity index (χ1n) is 7.57. The molecule has 0 bridgehead atoms. The summed E-state index contributed by atoms with van der Waals surface area (Å²) in [5.41, 5.74) is 0.378. The SMILES string of the molecule is CC1=C(C(=O)O)N2C(=O)C3(NCCO3)[C@@H]2SC1c1ccc(O)cc1. The van der Waals surface area contributed by atoms with E-state index in [1.807, 2.05) is 0 Å². The van der Waals surface area contributed by atoms with Crippen LogP contribution in [0.4, 0.5) is 0 Å². The van der Waals surface area contributed by atoms with Gasteiger partial charge in [0.2, 0.25) is 5.72 Å². The van der Waals surface area contributed by atoms with Crippen molar-refractivity contribution in [2.45, 2.75) is 23.3 Å². The van der Waals surface area contributed by atoms with Crippen LogP contribution in [0.1, 0.15) is 17.7 Å². The molecule has 3 aliphatic rings. The normalized spacial score (nSPS) is 32.0. The Labute approximate surface area is 142 Å². The molecule has 4 rings (SSSR count). The van der Waals surface area contributed by atoms with Gasteiger partial charge in [-0.15, -0.1) is 11.8 Å². The molecule has 0 radical (unpaired) electrons. The Morgan fingerprint density at radius 3 is 2.71 bits per heavy atom. The van der Waals surface area contributed by atoms with Crippen LogP contribution in [0.2, 0.25) is 0 Å². The number of hydrogen-bond donors (Lipinski definition) is 3. The number of rotatable bonds is 2. The number of aliphatic carboxylic acids is 1. The molecule has 24 heavy (non-hydrogen) atoms. The smallest absolute Gasteiger partial charge is 0.352 e. The van der Waals surface area contributed by atoms with E-state index < -0.39 is 17.1 Å². The Morgan fingerprint density at radius 2 is 2.12 bits per heavy atom. The number of aromatic hydroxyl groups is 1. The van der Waals surface area contributed by atoms with Crippen molar-refractivity contribution in [3.8, 4) is 5.75 Å². The minimum atomic E-state index is -1.12. The number of phenols is 1. The number of carbonyl (C=O) groups excluding carboxylic acids is 1. The van der Waals surface area contributed by atoms with Gasteiger partial charge in [-0.25, -0.2) is 4.79 Å². The fourth-order valence-electron chi connectivity index (χ4n) is 3.47. The number of amides is 1. The molecule has 126 valence electrons. The third-order valence-corrected chi connectivity index (χ3v) is 6.31. The summed E-state index contributed by atoms with van der Waals surface area (Å²) in [4.78, 5) is 25.7. The summed E-state index contributed by atoms with van der Waals surface area (Å²) >= 11 is 1.48. The second-order valence-corrected chi connectivity index (χ2v) is 7.17. The molecule has 0 aromatic heterocycles. The Hall–Kier alpha value is -2.03. The van der Waals surface area contributed by atoms with E-state index in [0.717, 1.165) is 5.56 Å². The van der Waals surface area contributed by atoms with Crippen LogP contribution in [0.3, 0.4) is 0 Å². The van der Waals surface area contributed by atoms with Crippen LogP contribution < -0.4 is 5.32 Å². The maximum absolute atomic E-state index is 12.6. The third-order valence-electron chi connectivity index (χ3n) is 4.61. The summed E-state index contributed by atoms with van der Waals surface area (Å²) in [6.45, 7) is 2.71. The molecule has 7 nitrogen and oxygen atoms in total. The molecule has 1 aromatic rings. The quantitative estimate of drug-likeness (QED) is 0.686. The number of carbonyl (C=O) groups is 2. The second kappa shape index (κ2) is 5.23. The summed E-state index contributed by atoms with van der Waals surface area (Å²) < 4.78 is 5.65. The Bertz CT molecular complexity index is 754. The van der Waals surface area contributed by atoms with Crippen LogP contribution in [0.25, 0.3) is 0 Å². The minimum absolute atomic E-state index is 0.0183. The first-order valence-corrected chi connectivity index (χ1v) is 8.51. The maximum Gasteiger partial charge on any atom is 0.352 e. The van der Waals surface area contributed by atoms with Gasteiger partial charge in [-0.05, 0) is 30.2 Å².